The van der Waals surface area contributed by atoms with E-state index in [9.17, 15) is 0 Å². The number of benzene rings is 1. The minimum Gasteiger partial charge on any atom is -0.0815 e. The molecule has 76 valence electrons. The highest BCUT2D eigenvalue weighted by atomic mass is 14.0. The molecule has 0 spiro atoms. The van der Waals surface area contributed by atoms with E-state index in [0.717, 1.165) is 12.8 Å². The van der Waals surface area contributed by atoms with Gasteiger partial charge in [0.1, 0.15) is 0 Å². The van der Waals surface area contributed by atoms with E-state index in [0.29, 0.717) is 0 Å². The van der Waals surface area contributed by atoms with Gasteiger partial charge in [-0.1, -0.05) is 36.8 Å². The molecule has 1 aromatic rings. The summed E-state index contributed by atoms with van der Waals surface area (Å²) in [5.74, 6) is 0. The number of aryl methyl sites for hydroxylation is 2. The fourth-order valence-corrected chi connectivity index (χ4v) is 1.48. The van der Waals surface area contributed by atoms with Crippen molar-refractivity contribution in [3.05, 3.63) is 46.5 Å². The first-order chi connectivity index (χ1) is 6.63. The van der Waals surface area contributed by atoms with Gasteiger partial charge in [-0.25, -0.2) is 0 Å². The normalized spacial score (nSPS) is 10.0. The highest BCUT2D eigenvalue weighted by Gasteiger charge is 1.97. The molecule has 0 atom stereocenters. The first-order valence-corrected chi connectivity index (χ1v) is 5.35. The van der Waals surface area contributed by atoms with Crippen molar-refractivity contribution in [1.29, 1.82) is 0 Å². The molecule has 0 heterocycles. The molecule has 0 saturated heterocycles. The van der Waals surface area contributed by atoms with Crippen molar-refractivity contribution in [2.24, 2.45) is 0 Å². The van der Waals surface area contributed by atoms with Crippen LogP contribution in [0.4, 0.5) is 0 Å². The van der Waals surface area contributed by atoms with E-state index in [1.54, 1.807) is 0 Å². The molecule has 0 aliphatic rings. The van der Waals surface area contributed by atoms with Gasteiger partial charge in [0.15, 0.2) is 0 Å². The average Bonchev–Trinajstić information content (AvgIpc) is 2.16. The molecule has 0 saturated carbocycles. The van der Waals surface area contributed by atoms with Gasteiger partial charge >= 0.3 is 0 Å². The zero-order valence-electron chi connectivity index (χ0n) is 9.72. The molecule has 0 amide bonds. The van der Waals surface area contributed by atoms with Crippen molar-refractivity contribution in [2.45, 2.75) is 40.5 Å². The molecule has 14 heavy (non-hydrogen) atoms. The fourth-order valence-electron chi connectivity index (χ4n) is 1.48. The first kappa shape index (κ1) is 11.0. The van der Waals surface area contributed by atoms with E-state index in [2.05, 4.69) is 52.0 Å². The highest BCUT2D eigenvalue weighted by Crippen LogP contribution is 2.13. The maximum atomic E-state index is 2.33. The van der Waals surface area contributed by atoms with Gasteiger partial charge in [0.25, 0.3) is 0 Å². The Morgan fingerprint density at radius 1 is 1.29 bits per heavy atom. The Balaban J connectivity index is 2.89. The van der Waals surface area contributed by atoms with Gasteiger partial charge in [0.2, 0.25) is 0 Å². The van der Waals surface area contributed by atoms with Crippen LogP contribution in [0.15, 0.2) is 29.8 Å². The molecule has 0 heteroatoms. The topological polar surface area (TPSA) is 0 Å². The van der Waals surface area contributed by atoms with Crippen molar-refractivity contribution in [2.75, 3.05) is 0 Å². The summed E-state index contributed by atoms with van der Waals surface area (Å²) in [6.07, 6.45) is 4.49. The molecule has 0 aliphatic carbocycles. The Kier molecular flexibility index (Phi) is 3.94. The maximum Gasteiger partial charge on any atom is -0.00923 e. The van der Waals surface area contributed by atoms with E-state index in [-0.39, 0.29) is 0 Å². The van der Waals surface area contributed by atoms with Crippen LogP contribution < -0.4 is 0 Å². The van der Waals surface area contributed by atoms with E-state index >= 15 is 0 Å². The van der Waals surface area contributed by atoms with Crippen molar-refractivity contribution in [3.8, 4) is 0 Å². The van der Waals surface area contributed by atoms with E-state index in [4.69, 9.17) is 0 Å². The second kappa shape index (κ2) is 4.99. The third-order valence-electron chi connectivity index (χ3n) is 2.55. The third-order valence-corrected chi connectivity index (χ3v) is 2.55. The van der Waals surface area contributed by atoms with E-state index < -0.39 is 0 Å². The minimum absolute atomic E-state index is 1.07. The van der Waals surface area contributed by atoms with Gasteiger partial charge in [0, 0.05) is 0 Å². The smallest absolute Gasteiger partial charge is 0.00923 e. The summed E-state index contributed by atoms with van der Waals surface area (Å²) in [4.78, 5) is 0. The third kappa shape index (κ3) is 3.02. The summed E-state index contributed by atoms with van der Waals surface area (Å²) in [7, 11) is 0. The molecule has 0 nitrogen and oxygen atoms in total. The van der Waals surface area contributed by atoms with Gasteiger partial charge in [-0.2, -0.15) is 0 Å². The van der Waals surface area contributed by atoms with Gasteiger partial charge in [-0.05, 0) is 50.3 Å². The quantitative estimate of drug-likeness (QED) is 0.627. The number of rotatable bonds is 3. The average molecular weight is 188 g/mol. The number of hydrogen-bond donors (Lipinski definition) is 0. The summed E-state index contributed by atoms with van der Waals surface area (Å²) in [5.41, 5.74) is 5.70. The van der Waals surface area contributed by atoms with Crippen LogP contribution in [0.5, 0.6) is 0 Å². The predicted octanol–water partition coefficient (Wildman–Crippen LogP) is 4.07. The van der Waals surface area contributed by atoms with E-state index in [1.807, 2.05) is 0 Å². The van der Waals surface area contributed by atoms with Crippen LogP contribution in [0.1, 0.15) is 37.5 Å². The van der Waals surface area contributed by atoms with Crippen LogP contribution in [-0.2, 0) is 12.8 Å². The molecule has 0 unspecified atom stereocenters. The second-order valence-electron chi connectivity index (χ2n) is 4.10. The SMILES string of the molecule is CCc1ccc(C)c(CC=C(C)C)c1. The van der Waals surface area contributed by atoms with Crippen molar-refractivity contribution >= 4 is 0 Å². The Morgan fingerprint density at radius 2 is 2.00 bits per heavy atom. The van der Waals surface area contributed by atoms with Gasteiger partial charge in [-0.3, -0.25) is 0 Å². The summed E-state index contributed by atoms with van der Waals surface area (Å²) < 4.78 is 0. The van der Waals surface area contributed by atoms with Crippen LogP contribution in [0.25, 0.3) is 0 Å². The van der Waals surface area contributed by atoms with Gasteiger partial charge < -0.3 is 0 Å². The van der Waals surface area contributed by atoms with Gasteiger partial charge in [-0.15, -0.1) is 0 Å². The Hall–Kier alpha value is -1.04. The lowest BCUT2D eigenvalue weighted by Crippen LogP contribution is -1.90. The highest BCUT2D eigenvalue weighted by molar-refractivity contribution is 5.32. The lowest BCUT2D eigenvalue weighted by molar-refractivity contribution is 1.10. The summed E-state index contributed by atoms with van der Waals surface area (Å²) >= 11 is 0. The van der Waals surface area contributed by atoms with Crippen molar-refractivity contribution in [1.82, 2.24) is 0 Å². The molecule has 0 fully saturated rings. The van der Waals surface area contributed by atoms with Crippen LogP contribution in [-0.4, -0.2) is 0 Å². The lowest BCUT2D eigenvalue weighted by Gasteiger charge is -2.05. The summed E-state index contributed by atoms with van der Waals surface area (Å²) in [6, 6.07) is 6.78. The zero-order chi connectivity index (χ0) is 10.6. The zero-order valence-corrected chi connectivity index (χ0v) is 9.72. The predicted molar refractivity (Wildman–Crippen MR) is 63.7 cm³/mol. The first-order valence-electron chi connectivity index (χ1n) is 5.35. The monoisotopic (exact) mass is 188 g/mol. The maximum absolute atomic E-state index is 2.33. The molecular formula is C14H20. The molecule has 0 radical (unpaired) electrons. The van der Waals surface area contributed by atoms with Crippen LogP contribution >= 0.6 is 0 Å². The number of hydrogen-bond acceptors (Lipinski definition) is 0. The molecule has 1 aromatic carbocycles. The van der Waals surface area contributed by atoms with Crippen LogP contribution in [0, 0.1) is 6.92 Å². The molecular weight excluding hydrogens is 168 g/mol. The van der Waals surface area contributed by atoms with Crippen molar-refractivity contribution in [3.63, 3.8) is 0 Å². The second-order valence-corrected chi connectivity index (χ2v) is 4.10. The fraction of sp³-hybridized carbons (Fsp3) is 0.429. The van der Waals surface area contributed by atoms with E-state index in [1.165, 1.54) is 22.3 Å². The Morgan fingerprint density at radius 3 is 2.57 bits per heavy atom. The molecule has 0 N–H and O–H groups in total. The Bertz CT molecular complexity index is 328. The minimum atomic E-state index is 1.07. The number of allylic oxidation sites excluding steroid dienone is 2. The Labute approximate surface area is 87.7 Å². The summed E-state index contributed by atoms with van der Waals surface area (Å²) in [6.45, 7) is 8.70. The largest absolute Gasteiger partial charge is 0.0815 e. The van der Waals surface area contributed by atoms with Crippen LogP contribution in [0.2, 0.25) is 0 Å². The molecule has 1 rings (SSSR count). The molecule has 0 aromatic heterocycles. The lowest BCUT2D eigenvalue weighted by atomic mass is 10.0. The van der Waals surface area contributed by atoms with Crippen molar-refractivity contribution < 1.29 is 0 Å². The van der Waals surface area contributed by atoms with Crippen LogP contribution in [0.3, 0.4) is 0 Å². The molecule has 0 bridgehead atoms. The molecule has 0 aliphatic heterocycles. The summed E-state index contributed by atoms with van der Waals surface area (Å²) in [5, 5.41) is 0. The van der Waals surface area contributed by atoms with Gasteiger partial charge in [0.05, 0.1) is 0 Å². The standard InChI is InChI=1S/C14H20/c1-5-13-8-7-12(4)14(10-13)9-6-11(2)3/h6-8,10H,5,9H2,1-4H3.